The summed E-state index contributed by atoms with van der Waals surface area (Å²) in [5.74, 6) is 0.125. The second-order valence-corrected chi connectivity index (χ2v) is 5.38. The van der Waals surface area contributed by atoms with Crippen LogP contribution in [-0.4, -0.2) is 24.1 Å². The molecule has 0 atom stereocenters. The number of hydrogen-bond donors (Lipinski definition) is 0. The van der Waals surface area contributed by atoms with E-state index in [1.165, 1.54) is 12.1 Å². The first-order valence-electron chi connectivity index (χ1n) is 7.34. The summed E-state index contributed by atoms with van der Waals surface area (Å²) in [6, 6.07) is 7.93. The van der Waals surface area contributed by atoms with E-state index in [0.29, 0.717) is 24.7 Å². The number of nitro benzene ring substituents is 1. The van der Waals surface area contributed by atoms with Crippen molar-refractivity contribution in [3.8, 4) is 17.2 Å². The average Bonchev–Trinajstić information content (AvgIpc) is 2.56. The van der Waals surface area contributed by atoms with Crippen LogP contribution in [0.5, 0.6) is 17.2 Å². The van der Waals surface area contributed by atoms with Crippen LogP contribution in [0.4, 0.5) is 5.69 Å². The zero-order valence-electron chi connectivity index (χ0n) is 13.2. The molecule has 0 bridgehead atoms. The highest BCUT2D eigenvalue weighted by atomic mass is 16.6. The minimum Gasteiger partial charge on any atom is -0.486 e. The van der Waals surface area contributed by atoms with Gasteiger partial charge in [-0.25, -0.2) is 4.79 Å². The van der Waals surface area contributed by atoms with Crippen LogP contribution in [0.1, 0.15) is 21.5 Å². The summed E-state index contributed by atoms with van der Waals surface area (Å²) in [6.07, 6.45) is 0. The number of hydrogen-bond acceptors (Lipinski definition) is 6. The standard InChI is InChI=1S/C17H15NO6/c1-10-4-3-5-11(2)16(10)24-17(19)12-8-14-15(23-7-6-22-14)9-13(12)18(20)21/h3-5,8-9H,6-7H2,1-2H3. The number of aryl methyl sites for hydroxylation is 2. The van der Waals surface area contributed by atoms with Gasteiger partial charge < -0.3 is 14.2 Å². The minimum atomic E-state index is -0.809. The van der Waals surface area contributed by atoms with E-state index in [9.17, 15) is 14.9 Å². The normalized spacial score (nSPS) is 12.6. The summed E-state index contributed by atoms with van der Waals surface area (Å²) in [5, 5.41) is 11.3. The zero-order chi connectivity index (χ0) is 17.3. The number of para-hydroxylation sites is 1. The molecular weight excluding hydrogens is 314 g/mol. The topological polar surface area (TPSA) is 87.9 Å². The molecule has 0 N–H and O–H groups in total. The van der Waals surface area contributed by atoms with Crippen molar-refractivity contribution in [1.29, 1.82) is 0 Å². The Bertz CT molecular complexity index is 810. The number of nitrogens with zero attached hydrogens (tertiary/aromatic N) is 1. The predicted molar refractivity (Wildman–Crippen MR) is 85.0 cm³/mol. The van der Waals surface area contributed by atoms with Crippen LogP contribution in [0.25, 0.3) is 0 Å². The van der Waals surface area contributed by atoms with Gasteiger partial charge in [0.2, 0.25) is 0 Å². The summed E-state index contributed by atoms with van der Waals surface area (Å²) >= 11 is 0. The molecule has 24 heavy (non-hydrogen) atoms. The lowest BCUT2D eigenvalue weighted by Gasteiger charge is -2.19. The minimum absolute atomic E-state index is 0.174. The van der Waals surface area contributed by atoms with Crippen molar-refractivity contribution < 1.29 is 23.9 Å². The third kappa shape index (κ3) is 2.88. The molecule has 3 rings (SSSR count). The molecule has 0 saturated heterocycles. The highest BCUT2D eigenvalue weighted by molar-refractivity contribution is 5.96. The van der Waals surface area contributed by atoms with Gasteiger partial charge in [-0.3, -0.25) is 10.1 Å². The molecule has 0 amide bonds. The van der Waals surface area contributed by atoms with E-state index in [0.717, 1.165) is 11.1 Å². The lowest BCUT2D eigenvalue weighted by atomic mass is 10.1. The highest BCUT2D eigenvalue weighted by Gasteiger charge is 2.28. The van der Waals surface area contributed by atoms with E-state index in [2.05, 4.69) is 0 Å². The van der Waals surface area contributed by atoms with Gasteiger partial charge in [0.05, 0.1) is 11.0 Å². The molecule has 7 nitrogen and oxygen atoms in total. The highest BCUT2D eigenvalue weighted by Crippen LogP contribution is 2.37. The van der Waals surface area contributed by atoms with Gasteiger partial charge in [-0.05, 0) is 25.0 Å². The first-order valence-corrected chi connectivity index (χ1v) is 7.34. The summed E-state index contributed by atoms with van der Waals surface area (Å²) in [4.78, 5) is 23.2. The number of carbonyl (C=O) groups is 1. The van der Waals surface area contributed by atoms with Gasteiger partial charge in [0, 0.05) is 6.07 Å². The first-order chi connectivity index (χ1) is 11.5. The molecule has 0 unspecified atom stereocenters. The Morgan fingerprint density at radius 3 is 2.29 bits per heavy atom. The van der Waals surface area contributed by atoms with Crippen molar-refractivity contribution in [3.63, 3.8) is 0 Å². The molecule has 0 saturated carbocycles. The summed E-state index contributed by atoms with van der Waals surface area (Å²) in [6.45, 7) is 4.22. The summed E-state index contributed by atoms with van der Waals surface area (Å²) < 4.78 is 16.1. The second-order valence-electron chi connectivity index (χ2n) is 5.38. The van der Waals surface area contributed by atoms with Crippen LogP contribution in [0.2, 0.25) is 0 Å². The van der Waals surface area contributed by atoms with Crippen LogP contribution < -0.4 is 14.2 Å². The van der Waals surface area contributed by atoms with Gasteiger partial charge in [-0.15, -0.1) is 0 Å². The number of ether oxygens (including phenoxy) is 3. The molecule has 124 valence electrons. The Labute approximate surface area is 137 Å². The molecule has 0 spiro atoms. The van der Waals surface area contributed by atoms with E-state index >= 15 is 0 Å². The SMILES string of the molecule is Cc1cccc(C)c1OC(=O)c1cc2c(cc1[N+](=O)[O-])OCCO2. The van der Waals surface area contributed by atoms with Gasteiger partial charge in [-0.2, -0.15) is 0 Å². The third-order valence-electron chi connectivity index (χ3n) is 3.68. The first kappa shape index (κ1) is 15.8. The molecule has 0 aliphatic carbocycles. The van der Waals surface area contributed by atoms with Gasteiger partial charge in [0.1, 0.15) is 24.5 Å². The Hall–Kier alpha value is -3.09. The van der Waals surface area contributed by atoms with Crippen LogP contribution in [0.3, 0.4) is 0 Å². The van der Waals surface area contributed by atoms with Crippen molar-refractivity contribution in [1.82, 2.24) is 0 Å². The van der Waals surface area contributed by atoms with E-state index in [-0.39, 0.29) is 17.0 Å². The van der Waals surface area contributed by atoms with Crippen molar-refractivity contribution >= 4 is 11.7 Å². The van der Waals surface area contributed by atoms with E-state index < -0.39 is 10.9 Å². The van der Waals surface area contributed by atoms with Gasteiger partial charge in [0.25, 0.3) is 5.69 Å². The maximum atomic E-state index is 12.5. The number of fused-ring (bicyclic) bond motifs is 1. The predicted octanol–water partition coefficient (Wildman–Crippen LogP) is 3.20. The molecule has 0 aromatic heterocycles. The number of rotatable bonds is 3. The second kappa shape index (κ2) is 6.19. The van der Waals surface area contributed by atoms with Crippen LogP contribution >= 0.6 is 0 Å². The monoisotopic (exact) mass is 329 g/mol. The molecule has 0 fully saturated rings. The molecule has 2 aromatic carbocycles. The van der Waals surface area contributed by atoms with Crippen LogP contribution in [-0.2, 0) is 0 Å². The quantitative estimate of drug-likeness (QED) is 0.372. The Balaban J connectivity index is 2.01. The van der Waals surface area contributed by atoms with Crippen LogP contribution in [0.15, 0.2) is 30.3 Å². The molecule has 1 aliphatic heterocycles. The fraction of sp³-hybridized carbons (Fsp3) is 0.235. The Morgan fingerprint density at radius 2 is 1.71 bits per heavy atom. The average molecular weight is 329 g/mol. The van der Waals surface area contributed by atoms with E-state index in [1.54, 1.807) is 26.0 Å². The van der Waals surface area contributed by atoms with Crippen molar-refractivity contribution in [2.45, 2.75) is 13.8 Å². The van der Waals surface area contributed by atoms with Gasteiger partial charge >= 0.3 is 5.97 Å². The lowest BCUT2D eigenvalue weighted by Crippen LogP contribution is -2.18. The molecule has 7 heteroatoms. The maximum absolute atomic E-state index is 12.5. The Kier molecular flexibility index (Phi) is 4.07. The third-order valence-corrected chi connectivity index (χ3v) is 3.68. The van der Waals surface area contributed by atoms with Gasteiger partial charge in [0.15, 0.2) is 11.5 Å². The molecule has 1 heterocycles. The zero-order valence-corrected chi connectivity index (χ0v) is 13.2. The van der Waals surface area contributed by atoms with Crippen molar-refractivity contribution in [2.75, 3.05) is 13.2 Å². The van der Waals surface area contributed by atoms with Crippen molar-refractivity contribution in [2.24, 2.45) is 0 Å². The van der Waals surface area contributed by atoms with Crippen molar-refractivity contribution in [3.05, 3.63) is 57.1 Å². The van der Waals surface area contributed by atoms with Gasteiger partial charge in [-0.1, -0.05) is 18.2 Å². The largest absolute Gasteiger partial charge is 0.486 e. The molecular formula is C17H15NO6. The number of carbonyl (C=O) groups excluding carboxylic acids is 1. The van der Waals surface area contributed by atoms with E-state index in [1.807, 2.05) is 6.07 Å². The smallest absolute Gasteiger partial charge is 0.350 e. The molecule has 0 radical (unpaired) electrons. The Morgan fingerprint density at radius 1 is 1.12 bits per heavy atom. The summed E-state index contributed by atoms with van der Waals surface area (Å²) in [7, 11) is 0. The number of esters is 1. The maximum Gasteiger partial charge on any atom is 0.350 e. The number of nitro groups is 1. The van der Waals surface area contributed by atoms with Crippen LogP contribution in [0, 0.1) is 24.0 Å². The molecule has 2 aromatic rings. The lowest BCUT2D eigenvalue weighted by molar-refractivity contribution is -0.385. The number of benzene rings is 2. The molecule has 1 aliphatic rings. The fourth-order valence-corrected chi connectivity index (χ4v) is 2.50. The fourth-order valence-electron chi connectivity index (χ4n) is 2.50. The summed E-state index contributed by atoms with van der Waals surface area (Å²) in [5.41, 5.74) is 0.981. The van der Waals surface area contributed by atoms with E-state index in [4.69, 9.17) is 14.2 Å².